The molecule has 0 radical (unpaired) electrons. The zero-order chi connectivity index (χ0) is 103. The molecule has 43 nitrogen and oxygen atoms in total. The van der Waals surface area contributed by atoms with Gasteiger partial charge in [0.25, 0.3) is 0 Å². The first kappa shape index (κ1) is 107. The first-order valence-corrected chi connectivity index (χ1v) is 57.0. The molecule has 47 heteroatoms. The number of anilines is 4. The second-order valence-electron chi connectivity index (χ2n) is 40.3. The van der Waals surface area contributed by atoms with Crippen LogP contribution in [0.3, 0.4) is 0 Å². The Hall–Kier alpha value is -11.6. The number of piperazine rings is 4. The molecule has 4 amide bonds. The fraction of sp³-hybridized carbons (Fsp3) is 0.606. The van der Waals surface area contributed by atoms with Crippen LogP contribution >= 0.6 is 0 Å². The van der Waals surface area contributed by atoms with Crippen molar-refractivity contribution in [2.45, 2.75) is 166 Å². The van der Waals surface area contributed by atoms with Gasteiger partial charge >= 0.3 is 24.4 Å². The summed E-state index contributed by atoms with van der Waals surface area (Å²) in [4.78, 5) is 112. The lowest BCUT2D eigenvalue weighted by molar-refractivity contribution is 0.0446. The first-order valence-electron chi connectivity index (χ1n) is 50.8. The number of rotatable bonds is 33. The maximum atomic E-state index is 12.8. The highest BCUT2D eigenvalue weighted by molar-refractivity contribution is 7.92. The molecule has 792 valence electrons. The molecule has 0 aromatic carbocycles. The van der Waals surface area contributed by atoms with Crippen LogP contribution in [0.4, 0.5) is 42.4 Å². The highest BCUT2D eigenvalue weighted by atomic mass is 32.2. The Kier molecular flexibility index (Phi) is 35.6. The van der Waals surface area contributed by atoms with E-state index >= 15 is 0 Å². The van der Waals surface area contributed by atoms with Gasteiger partial charge in [-0.25, -0.2) is 92.7 Å². The van der Waals surface area contributed by atoms with Gasteiger partial charge in [0, 0.05) is 205 Å². The van der Waals surface area contributed by atoms with Gasteiger partial charge in [0.05, 0.1) is 87.5 Å². The minimum Gasteiger partial charge on any atom is -0.476 e. The predicted molar refractivity (Wildman–Crippen MR) is 544 cm³/mol. The molecule has 146 heavy (non-hydrogen) atoms. The van der Waals surface area contributed by atoms with Gasteiger partial charge in [-0.1, -0.05) is 24.8 Å². The lowest BCUT2D eigenvalue weighted by atomic mass is 9.98. The van der Waals surface area contributed by atoms with Crippen LogP contribution in [0.15, 0.2) is 141 Å². The van der Waals surface area contributed by atoms with Gasteiger partial charge in [-0.3, -0.25) is 15.0 Å². The van der Waals surface area contributed by atoms with E-state index in [0.29, 0.717) is 267 Å². The number of aromatic nitrogens is 11. The molecule has 0 spiro atoms. The number of pyridine rings is 3. The summed E-state index contributed by atoms with van der Waals surface area (Å²) in [6.07, 6.45) is 39.4. The third-order valence-electron chi connectivity index (χ3n) is 28.8. The molecule has 0 bridgehead atoms. The number of piperidine rings is 4. The fourth-order valence-corrected chi connectivity index (χ4v) is 22.8. The van der Waals surface area contributed by atoms with Crippen LogP contribution in [-0.4, -0.2) is 367 Å². The average molecular weight is 2100 g/mol. The summed E-state index contributed by atoms with van der Waals surface area (Å²) in [5, 5.41) is 2.22. The number of carbonyl (C=O) groups excluding carboxylic acids is 4. The van der Waals surface area contributed by atoms with Crippen LogP contribution in [0.2, 0.25) is 0 Å². The molecule has 12 aliphatic rings. The van der Waals surface area contributed by atoms with E-state index in [4.69, 9.17) is 37.9 Å². The Balaban J connectivity index is 0.000000140. The lowest BCUT2D eigenvalue weighted by Gasteiger charge is -2.34. The van der Waals surface area contributed by atoms with Crippen molar-refractivity contribution in [1.29, 1.82) is 0 Å². The number of carbonyl (C=O) groups is 4. The van der Waals surface area contributed by atoms with E-state index in [1.54, 1.807) is 133 Å². The highest BCUT2D eigenvalue weighted by Gasteiger charge is 2.47. The number of hydrogen-bond donors (Lipinski definition) is 0. The number of aryl methyl sites for hydroxylation is 2. The molecule has 7 aromatic heterocycles. The van der Waals surface area contributed by atoms with Crippen molar-refractivity contribution in [3.63, 3.8) is 0 Å². The molecular formula is C99H137N23O20S4. The summed E-state index contributed by atoms with van der Waals surface area (Å²) >= 11 is 0. The summed E-state index contributed by atoms with van der Waals surface area (Å²) < 4.78 is 152. The van der Waals surface area contributed by atoms with Crippen molar-refractivity contribution in [1.82, 2.24) is 91.6 Å². The zero-order valence-electron chi connectivity index (χ0n) is 83.8. The van der Waals surface area contributed by atoms with Crippen molar-refractivity contribution in [2.24, 2.45) is 23.7 Å². The van der Waals surface area contributed by atoms with Crippen LogP contribution in [0.25, 0.3) is 6.08 Å². The van der Waals surface area contributed by atoms with Gasteiger partial charge in [0.1, 0.15) is 45.7 Å². The third-order valence-corrected chi connectivity index (χ3v) is 35.6. The SMILES string of the molecule is C=CS(=O)(=O)N1CCN(c2cnc(OCC3CCN(C(=O)OC4(C)CC4)CC3)cn2)CC1.CC1(OC(=O)N2CCC(COc3cnc(N4CCN(S(=O)(=O)/C=C/c5cccnc5)CC4)cn3)CC2)CC1.CC1(OC(=O)N2CCC(COc3cnc(N4CCN(S(=O)(=O)CCc5cccnc5)CC4)cn3)CC2)CC1.CC1(OC(=O)N2CCC(COc3cnc(N4CCN(S(=O)(=O)CCc5cccnc5)CC4)cn3)CC2)CC1. The van der Waals surface area contributed by atoms with Gasteiger partial charge in [0.15, 0.2) is 0 Å². The number of hydrogen-bond acceptors (Lipinski definition) is 35. The third kappa shape index (κ3) is 31.5. The second-order valence-corrected chi connectivity index (χ2v) is 48.2. The Bertz CT molecular complexity index is 5750. The van der Waals surface area contributed by atoms with Crippen molar-refractivity contribution in [3.8, 4) is 23.5 Å². The summed E-state index contributed by atoms with van der Waals surface area (Å²) in [5.41, 5.74) is 1.60. The number of nitrogens with zero attached hydrogens (tertiary/aromatic N) is 23. The summed E-state index contributed by atoms with van der Waals surface area (Å²) in [5.74, 6) is 6.22. The number of likely N-dealkylation sites (tertiary alicyclic amines) is 4. The minimum atomic E-state index is -3.51. The number of amides is 4. The molecule has 0 unspecified atom stereocenters. The number of sulfonamides is 4. The van der Waals surface area contributed by atoms with Gasteiger partial charge in [-0.2, -0.15) is 17.2 Å². The van der Waals surface area contributed by atoms with Crippen molar-refractivity contribution >= 4 is 93.8 Å². The van der Waals surface area contributed by atoms with E-state index in [1.165, 1.54) is 14.0 Å². The molecule has 15 heterocycles. The normalized spacial score (nSPS) is 20.6. The first-order chi connectivity index (χ1) is 70.2. The Morgan fingerprint density at radius 3 is 0.822 bits per heavy atom. The molecule has 8 saturated heterocycles. The van der Waals surface area contributed by atoms with Gasteiger partial charge < -0.3 is 77.1 Å². The maximum absolute atomic E-state index is 12.8. The van der Waals surface area contributed by atoms with Gasteiger partial charge in [0.2, 0.25) is 63.6 Å². The maximum Gasteiger partial charge on any atom is 0.410 e. The van der Waals surface area contributed by atoms with E-state index in [1.807, 2.05) is 71.6 Å². The monoisotopic (exact) mass is 2100 g/mol. The van der Waals surface area contributed by atoms with E-state index in [2.05, 4.69) is 61.4 Å². The van der Waals surface area contributed by atoms with Crippen LogP contribution in [0.1, 0.15) is 147 Å². The quantitative estimate of drug-likeness (QED) is 0.0345. The van der Waals surface area contributed by atoms with Crippen LogP contribution in [-0.2, 0) is 71.9 Å². The molecule has 7 aromatic rings. The largest absolute Gasteiger partial charge is 0.476 e. The number of ether oxygens (including phenoxy) is 8. The van der Waals surface area contributed by atoms with Crippen LogP contribution < -0.4 is 38.5 Å². The van der Waals surface area contributed by atoms with E-state index in [9.17, 15) is 52.8 Å². The minimum absolute atomic E-state index is 0.0765. The predicted octanol–water partition coefficient (Wildman–Crippen LogP) is 9.32. The van der Waals surface area contributed by atoms with Gasteiger partial charge in [-0.05, 0) is 208 Å². The zero-order valence-corrected chi connectivity index (χ0v) is 87.1. The van der Waals surface area contributed by atoms with E-state index in [0.717, 1.165) is 125 Å². The summed E-state index contributed by atoms with van der Waals surface area (Å²) in [6, 6.07) is 11.0. The van der Waals surface area contributed by atoms with Crippen molar-refractivity contribution in [3.05, 3.63) is 157 Å². The molecule has 8 aliphatic heterocycles. The fourth-order valence-electron chi connectivity index (χ4n) is 17.8. The summed E-state index contributed by atoms with van der Waals surface area (Å²) in [6.45, 7) is 26.4. The smallest absolute Gasteiger partial charge is 0.410 e. The Morgan fingerprint density at radius 1 is 0.329 bits per heavy atom. The molecule has 0 N–H and O–H groups in total. The molecule has 19 rings (SSSR count). The van der Waals surface area contributed by atoms with Crippen molar-refractivity contribution < 1.29 is 90.7 Å². The topological polar surface area (TPSA) is 459 Å². The Morgan fingerprint density at radius 2 is 0.589 bits per heavy atom. The van der Waals surface area contributed by atoms with Gasteiger partial charge in [-0.15, -0.1) is 0 Å². The molecule has 12 fully saturated rings. The Labute approximate surface area is 855 Å². The molecular weight excluding hydrogens is 1960 g/mol. The van der Waals surface area contributed by atoms with E-state index in [-0.39, 0.29) is 58.3 Å². The highest BCUT2D eigenvalue weighted by Crippen LogP contribution is 2.43. The molecule has 4 aliphatic carbocycles. The van der Waals surface area contributed by atoms with E-state index < -0.39 is 40.1 Å². The lowest BCUT2D eigenvalue weighted by Crippen LogP contribution is -2.49. The van der Waals surface area contributed by atoms with Crippen molar-refractivity contribution in [2.75, 3.05) is 215 Å². The average Bonchev–Trinajstić information content (AvgIpc) is 1.67. The van der Waals surface area contributed by atoms with Crippen LogP contribution in [0.5, 0.6) is 23.5 Å². The second kappa shape index (κ2) is 48.6. The standard InChI is InChI=1S/2C26H36N6O5S.C26H34N6O5S.C21H31N5O5S/c3*1-26(7-8-26)37-25(33)31-10-4-22(5-11-31)20-36-24-19-28-23(18-29-24)30-12-14-32(15-13-30)38(34,35)16-6-21-3-2-9-27-17-21;1-3-32(28,29)26-12-10-24(11-13-26)18-14-23-19(15-22-18)30-16-17-4-8-25(9-5-17)20(27)31-21(2)6-7-21/h2*2-3,9,17-19,22H,4-8,10-16,20H2,1H3;2-3,6,9,16-19,22H,4-5,7-8,10-15,20H2,1H3;3,14-15,17H,1,4-13,16H2,2H3/b;;16-6+;. The van der Waals surface area contributed by atoms with Crippen LogP contribution in [0, 0.1) is 23.7 Å². The summed E-state index contributed by atoms with van der Waals surface area (Å²) in [7, 11) is -13.6. The molecule has 4 saturated carbocycles. The molecule has 0 atom stereocenters.